The fourth-order valence-electron chi connectivity index (χ4n) is 1.75. The molecule has 0 unspecified atom stereocenters. The van der Waals surface area contributed by atoms with Gasteiger partial charge < -0.3 is 0 Å². The highest BCUT2D eigenvalue weighted by atomic mass is 35.5. The first-order valence-electron chi connectivity index (χ1n) is 6.07. The zero-order valence-electron chi connectivity index (χ0n) is 10.7. The van der Waals surface area contributed by atoms with Gasteiger partial charge in [-0.3, -0.25) is 4.79 Å². The molecular weight excluding hydrogens is 276 g/mol. The maximum Gasteiger partial charge on any atom is 0.177 e. The molecule has 0 aliphatic heterocycles. The molecule has 0 amide bonds. The number of Topliss-reactive ketones (excluding diaryl/α,β-unsaturated/α-hetero) is 1. The average Bonchev–Trinajstić information content (AvgIpc) is 2.46. The van der Waals surface area contributed by atoms with Crippen LogP contribution in [0, 0.1) is 6.92 Å². The molecule has 1 nitrogen and oxygen atoms in total. The number of rotatable bonds is 5. The smallest absolute Gasteiger partial charge is 0.177 e. The zero-order valence-corrected chi connectivity index (χ0v) is 12.3. The molecule has 0 atom stereocenters. The summed E-state index contributed by atoms with van der Waals surface area (Å²) in [4.78, 5) is 12.6. The molecular formula is C16H15ClOS. The number of ketones is 1. The van der Waals surface area contributed by atoms with Crippen molar-refractivity contribution in [3.05, 3.63) is 65.2 Å². The van der Waals surface area contributed by atoms with Crippen LogP contribution in [0.4, 0.5) is 0 Å². The van der Waals surface area contributed by atoms with Gasteiger partial charge in [0, 0.05) is 16.2 Å². The van der Waals surface area contributed by atoms with E-state index in [0.29, 0.717) is 5.56 Å². The summed E-state index contributed by atoms with van der Waals surface area (Å²) in [5.41, 5.74) is 3.33. The van der Waals surface area contributed by atoms with E-state index in [0.717, 1.165) is 10.6 Å². The molecule has 0 aromatic heterocycles. The molecule has 0 N–H and O–H groups in total. The van der Waals surface area contributed by atoms with E-state index in [1.165, 1.54) is 11.1 Å². The Kier molecular flexibility index (Phi) is 5.06. The molecule has 0 saturated heterocycles. The van der Waals surface area contributed by atoms with Crippen LogP contribution in [0.25, 0.3) is 0 Å². The molecule has 19 heavy (non-hydrogen) atoms. The van der Waals surface area contributed by atoms with Crippen molar-refractivity contribution in [1.82, 2.24) is 0 Å². The van der Waals surface area contributed by atoms with Crippen molar-refractivity contribution in [3.63, 3.8) is 0 Å². The third-order valence-corrected chi connectivity index (χ3v) is 4.26. The molecule has 3 heteroatoms. The third kappa shape index (κ3) is 3.85. The van der Waals surface area contributed by atoms with E-state index in [9.17, 15) is 4.79 Å². The maximum atomic E-state index is 11.4. The number of carbonyl (C=O) groups is 1. The van der Waals surface area contributed by atoms with Crippen molar-refractivity contribution < 1.29 is 4.79 Å². The lowest BCUT2D eigenvalue weighted by Gasteiger charge is -2.06. The van der Waals surface area contributed by atoms with E-state index < -0.39 is 0 Å². The molecule has 98 valence electrons. The maximum absolute atomic E-state index is 11.4. The molecule has 0 heterocycles. The normalized spacial score (nSPS) is 10.4. The summed E-state index contributed by atoms with van der Waals surface area (Å²) in [6, 6.07) is 16.0. The number of alkyl halides is 1. The van der Waals surface area contributed by atoms with E-state index in [1.54, 1.807) is 11.8 Å². The highest BCUT2D eigenvalue weighted by Crippen LogP contribution is 2.24. The van der Waals surface area contributed by atoms with Crippen molar-refractivity contribution >= 4 is 29.1 Å². The summed E-state index contributed by atoms with van der Waals surface area (Å²) in [5.74, 6) is 0.947. The quantitative estimate of drug-likeness (QED) is 0.451. The number of hydrogen-bond acceptors (Lipinski definition) is 2. The minimum Gasteiger partial charge on any atom is -0.293 e. The second kappa shape index (κ2) is 6.78. The van der Waals surface area contributed by atoms with Crippen LogP contribution in [0.5, 0.6) is 0 Å². The van der Waals surface area contributed by atoms with E-state index in [-0.39, 0.29) is 11.7 Å². The number of hydrogen-bond donors (Lipinski definition) is 0. The van der Waals surface area contributed by atoms with E-state index in [4.69, 9.17) is 11.6 Å². The number of carbonyl (C=O) groups excluding carboxylic acids is 1. The van der Waals surface area contributed by atoms with Crippen LogP contribution in [0.3, 0.4) is 0 Å². The molecule has 0 bridgehead atoms. The van der Waals surface area contributed by atoms with Crippen LogP contribution >= 0.6 is 23.4 Å². The fraction of sp³-hybridized carbons (Fsp3) is 0.188. The molecule has 2 aromatic rings. The van der Waals surface area contributed by atoms with Crippen LogP contribution in [-0.4, -0.2) is 11.7 Å². The number of halogens is 1. The summed E-state index contributed by atoms with van der Waals surface area (Å²) in [7, 11) is 0. The first-order chi connectivity index (χ1) is 9.20. The molecule has 0 spiro atoms. The summed E-state index contributed by atoms with van der Waals surface area (Å²) >= 11 is 7.30. The molecule has 0 saturated carbocycles. The second-order valence-corrected chi connectivity index (χ2v) is 5.61. The number of aryl methyl sites for hydroxylation is 1. The van der Waals surface area contributed by atoms with Crippen LogP contribution in [0.1, 0.15) is 21.5 Å². The van der Waals surface area contributed by atoms with Gasteiger partial charge in [-0.1, -0.05) is 36.4 Å². The second-order valence-electron chi connectivity index (χ2n) is 4.30. The van der Waals surface area contributed by atoms with Crippen molar-refractivity contribution in [3.8, 4) is 0 Å². The van der Waals surface area contributed by atoms with Crippen molar-refractivity contribution in [2.75, 3.05) is 5.88 Å². The molecule has 2 rings (SSSR count). The largest absolute Gasteiger partial charge is 0.293 e. The van der Waals surface area contributed by atoms with Crippen LogP contribution in [0.2, 0.25) is 0 Å². The average molecular weight is 291 g/mol. The van der Waals surface area contributed by atoms with Crippen LogP contribution < -0.4 is 0 Å². The Labute approximate surface area is 123 Å². The Morgan fingerprint density at radius 2 is 1.79 bits per heavy atom. The van der Waals surface area contributed by atoms with Gasteiger partial charge in [0.15, 0.2) is 5.78 Å². The van der Waals surface area contributed by atoms with Gasteiger partial charge >= 0.3 is 0 Å². The summed E-state index contributed by atoms with van der Waals surface area (Å²) in [6.45, 7) is 2.12. The fourth-order valence-corrected chi connectivity index (χ4v) is 2.88. The van der Waals surface area contributed by atoms with Crippen molar-refractivity contribution in [2.45, 2.75) is 17.6 Å². The molecule has 0 aliphatic rings. The summed E-state index contributed by atoms with van der Waals surface area (Å²) < 4.78 is 0. The topological polar surface area (TPSA) is 17.1 Å². The minimum atomic E-state index is -0.0304. The number of thioether (sulfide) groups is 1. The lowest BCUT2D eigenvalue weighted by atomic mass is 10.1. The van der Waals surface area contributed by atoms with E-state index in [1.807, 2.05) is 24.3 Å². The molecule has 0 radical (unpaired) electrons. The van der Waals surface area contributed by atoms with Crippen LogP contribution in [-0.2, 0) is 5.75 Å². The molecule has 0 fully saturated rings. The molecule has 0 aliphatic carbocycles. The summed E-state index contributed by atoms with van der Waals surface area (Å²) in [6.07, 6.45) is 0. The Morgan fingerprint density at radius 1 is 1.11 bits per heavy atom. The van der Waals surface area contributed by atoms with Crippen LogP contribution in [0.15, 0.2) is 53.4 Å². The Bertz CT molecular complexity index is 563. The summed E-state index contributed by atoms with van der Waals surface area (Å²) in [5, 5.41) is 0. The Morgan fingerprint density at radius 3 is 2.42 bits per heavy atom. The Balaban J connectivity index is 2.01. The van der Waals surface area contributed by atoms with E-state index in [2.05, 4.69) is 31.2 Å². The first-order valence-corrected chi connectivity index (χ1v) is 7.59. The lowest BCUT2D eigenvalue weighted by molar-refractivity contribution is 0.102. The van der Waals surface area contributed by atoms with Gasteiger partial charge in [-0.25, -0.2) is 0 Å². The monoisotopic (exact) mass is 290 g/mol. The van der Waals surface area contributed by atoms with Gasteiger partial charge in [-0.05, 0) is 30.2 Å². The third-order valence-electron chi connectivity index (χ3n) is 2.95. The minimum absolute atomic E-state index is 0.0304. The van der Waals surface area contributed by atoms with Gasteiger partial charge in [-0.2, -0.15) is 0 Å². The van der Waals surface area contributed by atoms with Gasteiger partial charge in [0.1, 0.15) is 0 Å². The van der Waals surface area contributed by atoms with Gasteiger partial charge in [-0.15, -0.1) is 23.4 Å². The predicted octanol–water partition coefficient (Wildman–Crippen LogP) is 4.71. The highest BCUT2D eigenvalue weighted by molar-refractivity contribution is 7.98. The predicted molar refractivity (Wildman–Crippen MR) is 82.2 cm³/mol. The van der Waals surface area contributed by atoms with Gasteiger partial charge in [0.2, 0.25) is 0 Å². The van der Waals surface area contributed by atoms with Crippen molar-refractivity contribution in [1.29, 1.82) is 0 Å². The SMILES string of the molecule is Cc1ccccc1CSc1ccc(C(=O)CCl)cc1. The Hall–Kier alpha value is -1.25. The standard InChI is InChI=1S/C16H15ClOS/c1-12-4-2-3-5-14(12)11-19-15-8-6-13(7-9-15)16(18)10-17/h2-9H,10-11H2,1H3. The zero-order chi connectivity index (χ0) is 13.7. The lowest BCUT2D eigenvalue weighted by Crippen LogP contribution is -1.99. The first kappa shape index (κ1) is 14.2. The highest BCUT2D eigenvalue weighted by Gasteiger charge is 2.04. The molecule has 2 aromatic carbocycles. The van der Waals surface area contributed by atoms with Crippen molar-refractivity contribution in [2.24, 2.45) is 0 Å². The number of benzene rings is 2. The van der Waals surface area contributed by atoms with E-state index >= 15 is 0 Å². The van der Waals surface area contributed by atoms with Gasteiger partial charge in [0.05, 0.1) is 5.88 Å². The van der Waals surface area contributed by atoms with Gasteiger partial charge in [0.25, 0.3) is 0 Å².